The van der Waals surface area contributed by atoms with Gasteiger partial charge in [-0.15, -0.1) is 0 Å². The molecule has 1 aromatic heterocycles. The molecule has 1 aromatic carbocycles. The number of benzene rings is 1. The average Bonchev–Trinajstić information content (AvgIpc) is 2.89. The maximum Gasteiger partial charge on any atom is 0.303 e. The van der Waals surface area contributed by atoms with Crippen molar-refractivity contribution in [3.8, 4) is 0 Å². The number of hydrogen-bond donors (Lipinski definition) is 1. The average molecular weight is 566 g/mol. The van der Waals surface area contributed by atoms with E-state index in [2.05, 4.69) is 60.8 Å². The van der Waals surface area contributed by atoms with Gasteiger partial charge in [-0.2, -0.15) is 0 Å². The number of carbonyl (C=O) groups is 2. The van der Waals surface area contributed by atoms with Gasteiger partial charge in [0.2, 0.25) is 5.78 Å². The summed E-state index contributed by atoms with van der Waals surface area (Å²) in [5.74, 6) is -0.666. The summed E-state index contributed by atoms with van der Waals surface area (Å²) in [7, 11) is 1.94. The fourth-order valence-electron chi connectivity index (χ4n) is 2.67. The van der Waals surface area contributed by atoms with Crippen molar-refractivity contribution in [3.05, 3.63) is 54.1 Å². The quantitative estimate of drug-likeness (QED) is 0.314. The van der Waals surface area contributed by atoms with Crippen LogP contribution in [-0.2, 0) is 18.3 Å². The molecule has 1 N–H and O–H groups in total. The fourth-order valence-corrected chi connectivity index (χ4v) is 4.30. The Morgan fingerprint density at radius 1 is 1.11 bits per heavy atom. The summed E-state index contributed by atoms with van der Waals surface area (Å²) >= 11 is 10.4. The lowest BCUT2D eigenvalue weighted by Gasteiger charge is -2.10. The van der Waals surface area contributed by atoms with E-state index in [1.165, 1.54) is 0 Å². The van der Waals surface area contributed by atoms with Crippen LogP contribution in [0.15, 0.2) is 31.6 Å². The molecule has 0 spiro atoms. The Kier molecular flexibility index (Phi) is 9.98. The molecule has 0 fully saturated rings. The third-order valence-corrected chi connectivity index (χ3v) is 6.55. The first-order chi connectivity index (χ1) is 12.6. The molecule has 0 atom stereocenters. The van der Waals surface area contributed by atoms with Gasteiger partial charge in [-0.05, 0) is 75.4 Å². The molecule has 4 nitrogen and oxygen atoms in total. The first-order valence-electron chi connectivity index (χ1n) is 8.70. The number of nitrogens with zero attached hydrogens (tertiary/aromatic N) is 1. The Labute approximate surface area is 185 Å². The van der Waals surface area contributed by atoms with Crippen LogP contribution in [0.5, 0.6) is 0 Å². The fraction of sp³-hybridized carbons (Fsp3) is 0.400. The highest BCUT2D eigenvalue weighted by Crippen LogP contribution is 2.32. The number of carboxylic acids is 1. The highest BCUT2D eigenvalue weighted by Gasteiger charge is 2.21. The van der Waals surface area contributed by atoms with Crippen LogP contribution in [0.25, 0.3) is 0 Å². The zero-order chi connectivity index (χ0) is 20.7. The van der Waals surface area contributed by atoms with Crippen LogP contribution in [0.3, 0.4) is 0 Å². The Hall–Kier alpha value is -0.920. The second-order valence-electron chi connectivity index (χ2n) is 6.16. The second kappa shape index (κ2) is 11.2. The number of carbonyl (C=O) groups excluding carboxylic acids is 1. The van der Waals surface area contributed by atoms with Gasteiger partial charge in [0.1, 0.15) is 0 Å². The normalized spacial score (nSPS) is 10.3. The standard InChI is InChI=1S/C15H14Br3NO.C5H10O2/c1-4-10-5-8(2)14(19(10)3)15(20)11-6-9(16)7-12(17)13(11)18;1-2-3-4-5(6)7/h5-7H,4H2,1-3H3;2-4H2,1H3,(H,6,7). The Bertz CT molecular complexity index is 828. The highest BCUT2D eigenvalue weighted by atomic mass is 79.9. The van der Waals surface area contributed by atoms with Crippen LogP contribution >= 0.6 is 47.8 Å². The van der Waals surface area contributed by atoms with Gasteiger partial charge in [-0.25, -0.2) is 0 Å². The second-order valence-corrected chi connectivity index (χ2v) is 8.72. The molecule has 7 heteroatoms. The molecule has 2 rings (SSSR count). The van der Waals surface area contributed by atoms with Crippen molar-refractivity contribution < 1.29 is 14.7 Å². The zero-order valence-corrected chi connectivity index (χ0v) is 20.7. The molecule has 0 amide bonds. The van der Waals surface area contributed by atoms with E-state index < -0.39 is 5.97 Å². The Morgan fingerprint density at radius 2 is 1.74 bits per heavy atom. The van der Waals surface area contributed by atoms with Gasteiger partial charge in [0, 0.05) is 38.1 Å². The first kappa shape index (κ1) is 24.1. The number of aromatic nitrogens is 1. The molecular weight excluding hydrogens is 542 g/mol. The molecule has 0 bridgehead atoms. The SMILES string of the molecule is CCCCC(=O)O.CCc1cc(C)c(C(=O)c2cc(Br)cc(Br)c2Br)n1C. The largest absolute Gasteiger partial charge is 0.481 e. The summed E-state index contributed by atoms with van der Waals surface area (Å²) in [6.07, 6.45) is 2.99. The van der Waals surface area contributed by atoms with E-state index in [1.807, 2.05) is 37.6 Å². The van der Waals surface area contributed by atoms with Crippen LogP contribution in [-0.4, -0.2) is 21.4 Å². The first-order valence-corrected chi connectivity index (χ1v) is 11.1. The third kappa shape index (κ3) is 6.57. The van der Waals surface area contributed by atoms with E-state index in [4.69, 9.17) is 5.11 Å². The minimum absolute atomic E-state index is 0.0265. The van der Waals surface area contributed by atoms with Crippen molar-refractivity contribution in [2.75, 3.05) is 0 Å². The smallest absolute Gasteiger partial charge is 0.303 e. The van der Waals surface area contributed by atoms with Gasteiger partial charge in [-0.1, -0.05) is 36.2 Å². The molecule has 2 aromatic rings. The van der Waals surface area contributed by atoms with E-state index in [0.29, 0.717) is 12.0 Å². The number of unbranched alkanes of at least 4 members (excludes halogenated alkanes) is 1. The molecule has 0 aliphatic carbocycles. The lowest BCUT2D eigenvalue weighted by Crippen LogP contribution is -2.11. The van der Waals surface area contributed by atoms with E-state index in [9.17, 15) is 9.59 Å². The lowest BCUT2D eigenvalue weighted by molar-refractivity contribution is -0.137. The summed E-state index contributed by atoms with van der Waals surface area (Å²) in [4.78, 5) is 22.6. The Balaban J connectivity index is 0.000000445. The summed E-state index contributed by atoms with van der Waals surface area (Å²) in [5, 5.41) is 8.04. The highest BCUT2D eigenvalue weighted by molar-refractivity contribution is 9.13. The van der Waals surface area contributed by atoms with E-state index in [1.54, 1.807) is 0 Å². The van der Waals surface area contributed by atoms with Gasteiger partial charge < -0.3 is 9.67 Å². The summed E-state index contributed by atoms with van der Waals surface area (Å²) < 4.78 is 4.50. The van der Waals surface area contributed by atoms with Gasteiger partial charge in [0.15, 0.2) is 0 Å². The van der Waals surface area contributed by atoms with Crippen molar-refractivity contribution in [2.45, 2.75) is 46.5 Å². The number of aryl methyl sites for hydroxylation is 2. The predicted molar refractivity (Wildman–Crippen MR) is 120 cm³/mol. The third-order valence-electron chi connectivity index (χ3n) is 4.08. The molecule has 148 valence electrons. The van der Waals surface area contributed by atoms with Gasteiger partial charge in [-0.3, -0.25) is 9.59 Å². The van der Waals surface area contributed by atoms with Crippen LogP contribution in [0.2, 0.25) is 0 Å². The predicted octanol–water partition coefficient (Wildman–Crippen LogP) is 6.68. The zero-order valence-electron chi connectivity index (χ0n) is 15.9. The minimum Gasteiger partial charge on any atom is -0.481 e. The van der Waals surface area contributed by atoms with Gasteiger partial charge >= 0.3 is 5.97 Å². The maximum atomic E-state index is 12.9. The van der Waals surface area contributed by atoms with Crippen LogP contribution < -0.4 is 0 Å². The van der Waals surface area contributed by atoms with Crippen molar-refractivity contribution in [2.24, 2.45) is 7.05 Å². The minimum atomic E-state index is -0.693. The van der Waals surface area contributed by atoms with Crippen molar-refractivity contribution in [1.29, 1.82) is 0 Å². The number of carboxylic acid groups (broad SMARTS) is 1. The molecule has 0 saturated carbocycles. The number of rotatable bonds is 6. The lowest BCUT2D eigenvalue weighted by atomic mass is 10.1. The molecule has 1 heterocycles. The van der Waals surface area contributed by atoms with Crippen molar-refractivity contribution in [1.82, 2.24) is 4.57 Å². The molecular formula is C20H24Br3NO3. The molecule has 0 saturated heterocycles. The summed E-state index contributed by atoms with van der Waals surface area (Å²) in [6.45, 7) is 6.05. The maximum absolute atomic E-state index is 12.9. The van der Waals surface area contributed by atoms with Crippen LogP contribution in [0, 0.1) is 6.92 Å². The van der Waals surface area contributed by atoms with E-state index in [-0.39, 0.29) is 5.78 Å². The summed E-state index contributed by atoms with van der Waals surface area (Å²) in [6, 6.07) is 5.83. The Morgan fingerprint density at radius 3 is 2.19 bits per heavy atom. The number of halogens is 3. The number of hydrogen-bond acceptors (Lipinski definition) is 2. The molecule has 0 unspecified atom stereocenters. The molecule has 0 radical (unpaired) electrons. The molecule has 0 aliphatic heterocycles. The van der Waals surface area contributed by atoms with Gasteiger partial charge in [0.05, 0.1) is 5.69 Å². The van der Waals surface area contributed by atoms with E-state index in [0.717, 1.165) is 49.6 Å². The van der Waals surface area contributed by atoms with Crippen molar-refractivity contribution >= 4 is 59.5 Å². The number of aliphatic carboxylic acids is 1. The molecule has 0 aliphatic rings. The summed E-state index contributed by atoms with van der Waals surface area (Å²) in [5.41, 5.74) is 3.57. The van der Waals surface area contributed by atoms with Crippen LogP contribution in [0.4, 0.5) is 0 Å². The topological polar surface area (TPSA) is 59.3 Å². The molecule has 27 heavy (non-hydrogen) atoms. The van der Waals surface area contributed by atoms with Crippen LogP contribution in [0.1, 0.15) is 60.4 Å². The number of ketones is 1. The monoisotopic (exact) mass is 563 g/mol. The van der Waals surface area contributed by atoms with E-state index >= 15 is 0 Å². The van der Waals surface area contributed by atoms with Gasteiger partial charge in [0.25, 0.3) is 0 Å². The van der Waals surface area contributed by atoms with Crippen molar-refractivity contribution in [3.63, 3.8) is 0 Å².